The average Bonchev–Trinajstić information content (AvgIpc) is 3.37. The molecule has 0 saturated heterocycles. The Morgan fingerprint density at radius 1 is 0.395 bits per heavy atom. The van der Waals surface area contributed by atoms with Crippen LogP contribution in [0.25, 0.3) is 33.0 Å². The van der Waals surface area contributed by atoms with Gasteiger partial charge in [0.2, 0.25) is 0 Å². The quantitative estimate of drug-likeness (QED) is 0.201. The van der Waals surface area contributed by atoms with Gasteiger partial charge in [0, 0.05) is 16.1 Å². The second-order valence-electron chi connectivity index (χ2n) is 11.4. The zero-order valence-corrected chi connectivity index (χ0v) is 24.1. The molecule has 1 spiro atoms. The number of fused-ring (bicyclic) bond motifs is 10. The molecule has 1 nitrogen and oxygen atoms in total. The lowest BCUT2D eigenvalue weighted by Gasteiger charge is -2.45. The van der Waals surface area contributed by atoms with Gasteiger partial charge in [-0.1, -0.05) is 139 Å². The summed E-state index contributed by atoms with van der Waals surface area (Å²) in [6, 6.07) is 57.2. The molecule has 43 heavy (non-hydrogen) atoms. The van der Waals surface area contributed by atoms with Crippen LogP contribution < -0.4 is 4.90 Å². The van der Waals surface area contributed by atoms with Crippen LogP contribution in [0.3, 0.4) is 0 Å². The van der Waals surface area contributed by atoms with Crippen molar-refractivity contribution in [2.45, 2.75) is 5.41 Å². The molecule has 0 amide bonds. The molecule has 9 rings (SSSR count). The number of benzene rings is 7. The van der Waals surface area contributed by atoms with E-state index < -0.39 is 5.41 Å². The molecule has 202 valence electrons. The van der Waals surface area contributed by atoms with E-state index in [-0.39, 0.29) is 0 Å². The summed E-state index contributed by atoms with van der Waals surface area (Å²) in [6.45, 7) is 0. The fraction of sp³-hybridized carbons (Fsp3) is 0.0244. The first-order valence-corrected chi connectivity index (χ1v) is 15.1. The van der Waals surface area contributed by atoms with Crippen molar-refractivity contribution in [2.75, 3.05) is 4.90 Å². The monoisotopic (exact) mass is 567 g/mol. The lowest BCUT2D eigenvalue weighted by atomic mass is 9.64. The molecule has 7 aromatic rings. The molecule has 0 atom stereocenters. The third kappa shape index (κ3) is 3.23. The first-order valence-electron chi connectivity index (χ1n) is 14.7. The lowest BCUT2D eigenvalue weighted by Crippen LogP contribution is -2.36. The van der Waals surface area contributed by atoms with Crippen LogP contribution in [0.1, 0.15) is 22.3 Å². The van der Waals surface area contributed by atoms with Gasteiger partial charge in [-0.25, -0.2) is 0 Å². The van der Waals surface area contributed by atoms with Gasteiger partial charge in [0.1, 0.15) is 0 Å². The van der Waals surface area contributed by atoms with Crippen LogP contribution in [0.4, 0.5) is 17.1 Å². The lowest BCUT2D eigenvalue weighted by molar-refractivity contribution is 0.753. The number of hydrogen-bond donors (Lipinski definition) is 0. The Morgan fingerprint density at radius 2 is 0.953 bits per heavy atom. The van der Waals surface area contributed by atoms with E-state index in [0.717, 1.165) is 16.1 Å². The molecule has 0 radical (unpaired) electrons. The Balaban J connectivity index is 1.43. The van der Waals surface area contributed by atoms with Crippen molar-refractivity contribution >= 4 is 39.4 Å². The first-order chi connectivity index (χ1) is 21.3. The van der Waals surface area contributed by atoms with Crippen LogP contribution in [-0.2, 0) is 5.41 Å². The smallest absolute Gasteiger partial charge is 0.0754 e. The minimum Gasteiger partial charge on any atom is -0.310 e. The van der Waals surface area contributed by atoms with E-state index in [9.17, 15) is 0 Å². The zero-order chi connectivity index (χ0) is 28.5. The molecular formula is C41H26ClN. The third-order valence-electron chi connectivity index (χ3n) is 9.34. The Hall–Kier alpha value is -5.11. The second-order valence-corrected chi connectivity index (χ2v) is 11.8. The van der Waals surface area contributed by atoms with E-state index in [1.165, 1.54) is 61.3 Å². The van der Waals surface area contributed by atoms with Gasteiger partial charge in [-0.05, 0) is 80.2 Å². The molecule has 1 aliphatic carbocycles. The maximum absolute atomic E-state index is 6.70. The van der Waals surface area contributed by atoms with Gasteiger partial charge in [-0.3, -0.25) is 0 Å². The molecule has 0 N–H and O–H groups in total. The Kier molecular flexibility index (Phi) is 5.24. The van der Waals surface area contributed by atoms with E-state index in [2.05, 4.69) is 157 Å². The number of nitrogens with zero attached hydrogens (tertiary/aromatic N) is 1. The predicted octanol–water partition coefficient (Wildman–Crippen LogP) is 11.3. The molecule has 0 bridgehead atoms. The number of para-hydroxylation sites is 3. The molecule has 2 aliphatic rings. The highest BCUT2D eigenvalue weighted by Gasteiger charge is 2.52. The summed E-state index contributed by atoms with van der Waals surface area (Å²) in [7, 11) is 0. The largest absolute Gasteiger partial charge is 0.310 e. The second kappa shape index (κ2) is 9.19. The molecule has 1 heterocycles. The fourth-order valence-corrected chi connectivity index (χ4v) is 7.96. The molecule has 0 aromatic heterocycles. The number of anilines is 3. The van der Waals surface area contributed by atoms with E-state index >= 15 is 0 Å². The van der Waals surface area contributed by atoms with E-state index in [4.69, 9.17) is 11.6 Å². The number of hydrogen-bond acceptors (Lipinski definition) is 1. The fourth-order valence-electron chi connectivity index (χ4n) is 7.73. The Morgan fingerprint density at radius 3 is 1.70 bits per heavy atom. The maximum Gasteiger partial charge on any atom is 0.0754 e. The van der Waals surface area contributed by atoms with Gasteiger partial charge in [0.15, 0.2) is 0 Å². The molecule has 0 saturated carbocycles. The normalized spacial score (nSPS) is 13.8. The van der Waals surface area contributed by atoms with Crippen molar-refractivity contribution in [3.8, 4) is 22.3 Å². The molecule has 7 aromatic carbocycles. The van der Waals surface area contributed by atoms with Crippen molar-refractivity contribution in [3.63, 3.8) is 0 Å². The summed E-state index contributed by atoms with van der Waals surface area (Å²) in [4.78, 5) is 2.42. The highest BCUT2D eigenvalue weighted by molar-refractivity contribution is 6.36. The van der Waals surface area contributed by atoms with E-state index in [1.54, 1.807) is 0 Å². The van der Waals surface area contributed by atoms with Crippen LogP contribution >= 0.6 is 11.6 Å². The van der Waals surface area contributed by atoms with Gasteiger partial charge in [-0.15, -0.1) is 0 Å². The van der Waals surface area contributed by atoms with Gasteiger partial charge in [-0.2, -0.15) is 0 Å². The minimum atomic E-state index is -0.470. The van der Waals surface area contributed by atoms with Crippen LogP contribution in [0.5, 0.6) is 0 Å². The van der Waals surface area contributed by atoms with E-state index in [1.807, 2.05) is 6.07 Å². The molecule has 2 heteroatoms. The third-order valence-corrected chi connectivity index (χ3v) is 9.67. The van der Waals surface area contributed by atoms with Crippen molar-refractivity contribution in [2.24, 2.45) is 0 Å². The SMILES string of the molecule is Clc1ccc(-c2cccc3c2-c2ccccc2C32c3ccccc3N(c3ccccc3)c3ccccc32)c2ccccc12. The minimum absolute atomic E-state index is 0.470. The van der Waals surface area contributed by atoms with Crippen LogP contribution in [0.2, 0.25) is 5.02 Å². The van der Waals surface area contributed by atoms with Crippen LogP contribution in [0, 0.1) is 0 Å². The summed E-state index contributed by atoms with van der Waals surface area (Å²) in [6.07, 6.45) is 0. The van der Waals surface area contributed by atoms with Gasteiger partial charge < -0.3 is 4.90 Å². The number of rotatable bonds is 2. The summed E-state index contributed by atoms with van der Waals surface area (Å²) in [5, 5.41) is 3.02. The summed E-state index contributed by atoms with van der Waals surface area (Å²) >= 11 is 6.70. The topological polar surface area (TPSA) is 3.24 Å². The molecule has 1 aliphatic heterocycles. The highest BCUT2D eigenvalue weighted by atomic mass is 35.5. The Labute approximate surface area is 256 Å². The van der Waals surface area contributed by atoms with Crippen molar-refractivity contribution in [1.29, 1.82) is 0 Å². The summed E-state index contributed by atoms with van der Waals surface area (Å²) in [5.74, 6) is 0. The maximum atomic E-state index is 6.70. The van der Waals surface area contributed by atoms with Gasteiger partial charge in [0.05, 0.1) is 16.8 Å². The molecular weight excluding hydrogens is 542 g/mol. The van der Waals surface area contributed by atoms with E-state index in [0.29, 0.717) is 0 Å². The molecule has 0 fully saturated rings. The zero-order valence-electron chi connectivity index (χ0n) is 23.3. The van der Waals surface area contributed by atoms with Gasteiger partial charge >= 0.3 is 0 Å². The van der Waals surface area contributed by atoms with Crippen molar-refractivity contribution in [1.82, 2.24) is 0 Å². The first kappa shape index (κ1) is 24.5. The van der Waals surface area contributed by atoms with Crippen molar-refractivity contribution < 1.29 is 0 Å². The Bertz CT molecular complexity index is 2170. The van der Waals surface area contributed by atoms with Crippen LogP contribution in [0.15, 0.2) is 158 Å². The molecule has 0 unspecified atom stereocenters. The summed E-state index contributed by atoms with van der Waals surface area (Å²) in [5.41, 5.74) is 13.3. The standard InChI is InChI=1S/C41H26ClN/c42-37-26-25-29(28-15-4-5-16-30(28)37)31-18-12-22-36-40(31)32-17-6-7-19-33(32)41(36)34-20-8-10-23-38(34)43(27-13-2-1-3-14-27)39-24-11-9-21-35(39)41/h1-26H. The van der Waals surface area contributed by atoms with Crippen molar-refractivity contribution in [3.05, 3.63) is 185 Å². The predicted molar refractivity (Wildman–Crippen MR) is 180 cm³/mol. The summed E-state index contributed by atoms with van der Waals surface area (Å²) < 4.78 is 0. The average molecular weight is 568 g/mol. The van der Waals surface area contributed by atoms with Crippen LogP contribution in [-0.4, -0.2) is 0 Å². The highest BCUT2D eigenvalue weighted by Crippen LogP contribution is 2.64. The van der Waals surface area contributed by atoms with Gasteiger partial charge in [0.25, 0.3) is 0 Å². The number of halogens is 1.